The summed E-state index contributed by atoms with van der Waals surface area (Å²) in [4.78, 5) is 0. The van der Waals surface area contributed by atoms with Crippen LogP contribution in [0.4, 0.5) is 5.69 Å². The molecule has 4 heteroatoms. The molecule has 1 aromatic carbocycles. The van der Waals surface area contributed by atoms with Gasteiger partial charge in [0.25, 0.3) is 0 Å². The molecule has 2 rings (SSSR count). The summed E-state index contributed by atoms with van der Waals surface area (Å²) in [5.41, 5.74) is 2.14. The van der Waals surface area contributed by atoms with Crippen molar-refractivity contribution in [3.63, 3.8) is 0 Å². The average molecular weight is 209 g/mol. The zero-order chi connectivity index (χ0) is 10.7. The Bertz CT molecular complexity index is 341. The number of fused-ring (bicyclic) bond motifs is 1. The van der Waals surface area contributed by atoms with E-state index in [-0.39, 0.29) is 6.61 Å². The van der Waals surface area contributed by atoms with Crippen LogP contribution in [0.25, 0.3) is 0 Å². The van der Waals surface area contributed by atoms with Gasteiger partial charge >= 0.3 is 0 Å². The number of nitrogens with one attached hydrogen (secondary N) is 1. The zero-order valence-corrected chi connectivity index (χ0v) is 8.44. The van der Waals surface area contributed by atoms with Crippen LogP contribution in [-0.2, 0) is 6.42 Å². The van der Waals surface area contributed by atoms with E-state index in [1.54, 1.807) is 0 Å². The molecule has 3 N–H and O–H groups in total. The molecule has 0 saturated carbocycles. The molecule has 1 aliphatic heterocycles. The third kappa shape index (κ3) is 2.40. The molecule has 0 radical (unpaired) electrons. The Hall–Kier alpha value is -1.26. The monoisotopic (exact) mass is 209 g/mol. The lowest BCUT2D eigenvalue weighted by Crippen LogP contribution is -2.22. The van der Waals surface area contributed by atoms with Gasteiger partial charge in [-0.15, -0.1) is 0 Å². The van der Waals surface area contributed by atoms with Gasteiger partial charge in [-0.25, -0.2) is 0 Å². The van der Waals surface area contributed by atoms with E-state index in [0.29, 0.717) is 6.54 Å². The maximum atomic E-state index is 9.18. The van der Waals surface area contributed by atoms with Crippen molar-refractivity contribution >= 4 is 5.69 Å². The normalized spacial score (nSPS) is 15.6. The SMILES string of the molecule is OCC(O)CNc1ccc2c(c1)CCO2. The minimum atomic E-state index is -0.713. The van der Waals surface area contributed by atoms with Crippen LogP contribution in [0.2, 0.25) is 0 Å². The molecule has 0 amide bonds. The van der Waals surface area contributed by atoms with Crippen molar-refractivity contribution in [1.82, 2.24) is 0 Å². The summed E-state index contributed by atoms with van der Waals surface area (Å²) in [6.45, 7) is 0.884. The fourth-order valence-corrected chi connectivity index (χ4v) is 1.60. The molecule has 0 spiro atoms. The van der Waals surface area contributed by atoms with E-state index in [4.69, 9.17) is 9.84 Å². The first-order chi connectivity index (χ1) is 7.29. The minimum Gasteiger partial charge on any atom is -0.493 e. The van der Waals surface area contributed by atoms with Gasteiger partial charge in [-0.1, -0.05) is 0 Å². The molecule has 0 bridgehead atoms. The lowest BCUT2D eigenvalue weighted by atomic mass is 10.1. The molecular formula is C11H15NO3. The Balaban J connectivity index is 1.98. The fourth-order valence-electron chi connectivity index (χ4n) is 1.60. The molecule has 0 saturated heterocycles. The van der Waals surface area contributed by atoms with Gasteiger partial charge < -0.3 is 20.3 Å². The number of aliphatic hydroxyl groups excluding tert-OH is 2. The molecule has 1 unspecified atom stereocenters. The summed E-state index contributed by atoms with van der Waals surface area (Å²) in [7, 11) is 0. The molecule has 15 heavy (non-hydrogen) atoms. The van der Waals surface area contributed by atoms with Gasteiger partial charge in [0.1, 0.15) is 5.75 Å². The van der Waals surface area contributed by atoms with E-state index in [2.05, 4.69) is 5.32 Å². The van der Waals surface area contributed by atoms with Crippen molar-refractivity contribution in [2.75, 3.05) is 25.1 Å². The number of aliphatic hydroxyl groups is 2. The maximum Gasteiger partial charge on any atom is 0.122 e. The molecule has 82 valence electrons. The van der Waals surface area contributed by atoms with E-state index in [9.17, 15) is 5.11 Å². The average Bonchev–Trinajstić information content (AvgIpc) is 2.72. The fraction of sp³-hybridized carbons (Fsp3) is 0.455. The second-order valence-corrected chi connectivity index (χ2v) is 3.64. The highest BCUT2D eigenvalue weighted by Gasteiger charge is 2.12. The summed E-state index contributed by atoms with van der Waals surface area (Å²) in [6.07, 6.45) is 0.224. The van der Waals surface area contributed by atoms with Crippen LogP contribution in [0, 0.1) is 0 Å². The summed E-state index contributed by atoms with van der Waals surface area (Å²) >= 11 is 0. The molecule has 0 aliphatic carbocycles. The van der Waals surface area contributed by atoms with Crippen LogP contribution in [-0.4, -0.2) is 36.1 Å². The van der Waals surface area contributed by atoms with E-state index in [0.717, 1.165) is 24.5 Å². The third-order valence-corrected chi connectivity index (χ3v) is 2.44. The van der Waals surface area contributed by atoms with Crippen LogP contribution in [0.5, 0.6) is 5.75 Å². The van der Waals surface area contributed by atoms with Gasteiger partial charge in [-0.2, -0.15) is 0 Å². The van der Waals surface area contributed by atoms with Crippen LogP contribution >= 0.6 is 0 Å². The topological polar surface area (TPSA) is 61.7 Å². The Morgan fingerprint density at radius 2 is 2.33 bits per heavy atom. The largest absolute Gasteiger partial charge is 0.493 e. The van der Waals surface area contributed by atoms with E-state index in [1.807, 2.05) is 18.2 Å². The van der Waals surface area contributed by atoms with Gasteiger partial charge in [-0.3, -0.25) is 0 Å². The number of anilines is 1. The van der Waals surface area contributed by atoms with Gasteiger partial charge in [-0.05, 0) is 23.8 Å². The van der Waals surface area contributed by atoms with Crippen LogP contribution in [0.1, 0.15) is 5.56 Å². The summed E-state index contributed by atoms with van der Waals surface area (Å²) < 4.78 is 5.38. The number of ether oxygens (including phenoxy) is 1. The highest BCUT2D eigenvalue weighted by Crippen LogP contribution is 2.27. The number of rotatable bonds is 4. The Morgan fingerprint density at radius 1 is 1.47 bits per heavy atom. The lowest BCUT2D eigenvalue weighted by Gasteiger charge is -2.10. The first-order valence-electron chi connectivity index (χ1n) is 5.08. The van der Waals surface area contributed by atoms with Crippen molar-refractivity contribution in [1.29, 1.82) is 0 Å². The van der Waals surface area contributed by atoms with Crippen LogP contribution in [0.15, 0.2) is 18.2 Å². The van der Waals surface area contributed by atoms with Crippen molar-refractivity contribution in [3.05, 3.63) is 23.8 Å². The zero-order valence-electron chi connectivity index (χ0n) is 8.44. The highest BCUT2D eigenvalue weighted by atomic mass is 16.5. The predicted molar refractivity (Wildman–Crippen MR) is 57.2 cm³/mol. The van der Waals surface area contributed by atoms with Crippen LogP contribution < -0.4 is 10.1 Å². The molecule has 0 fully saturated rings. The van der Waals surface area contributed by atoms with E-state index < -0.39 is 6.10 Å². The summed E-state index contributed by atoms with van der Waals surface area (Å²) in [6, 6.07) is 5.86. The Morgan fingerprint density at radius 3 is 3.13 bits per heavy atom. The van der Waals surface area contributed by atoms with Gasteiger partial charge in [0.2, 0.25) is 0 Å². The second-order valence-electron chi connectivity index (χ2n) is 3.64. The number of hydrogen-bond acceptors (Lipinski definition) is 4. The van der Waals surface area contributed by atoms with Gasteiger partial charge in [0.15, 0.2) is 0 Å². The highest BCUT2D eigenvalue weighted by molar-refractivity contribution is 5.52. The van der Waals surface area contributed by atoms with E-state index >= 15 is 0 Å². The molecule has 0 aromatic heterocycles. The first kappa shape index (κ1) is 10.3. The quantitative estimate of drug-likeness (QED) is 0.671. The third-order valence-electron chi connectivity index (χ3n) is 2.44. The first-order valence-corrected chi connectivity index (χ1v) is 5.08. The van der Waals surface area contributed by atoms with Crippen molar-refractivity contribution in [2.24, 2.45) is 0 Å². The van der Waals surface area contributed by atoms with E-state index in [1.165, 1.54) is 5.56 Å². The minimum absolute atomic E-state index is 0.221. The van der Waals surface area contributed by atoms with Gasteiger partial charge in [0.05, 0.1) is 19.3 Å². The lowest BCUT2D eigenvalue weighted by molar-refractivity contribution is 0.105. The van der Waals surface area contributed by atoms with Crippen molar-refractivity contribution < 1.29 is 14.9 Å². The van der Waals surface area contributed by atoms with Gasteiger partial charge in [0, 0.05) is 18.7 Å². The maximum absolute atomic E-state index is 9.18. The molecule has 1 aliphatic rings. The Labute approximate surface area is 88.5 Å². The standard InChI is InChI=1S/C11H15NO3/c13-7-10(14)6-12-9-1-2-11-8(5-9)3-4-15-11/h1-2,5,10,12-14H,3-4,6-7H2. The molecule has 1 atom stereocenters. The number of benzene rings is 1. The van der Waals surface area contributed by atoms with Crippen molar-refractivity contribution in [3.8, 4) is 5.75 Å². The molecular weight excluding hydrogens is 194 g/mol. The molecule has 1 heterocycles. The smallest absolute Gasteiger partial charge is 0.122 e. The second kappa shape index (κ2) is 4.51. The molecule has 1 aromatic rings. The summed E-state index contributed by atoms with van der Waals surface area (Å²) in [5.74, 6) is 0.947. The Kier molecular flexibility index (Phi) is 3.08. The number of hydrogen-bond donors (Lipinski definition) is 3. The van der Waals surface area contributed by atoms with Crippen LogP contribution in [0.3, 0.4) is 0 Å². The molecule has 4 nitrogen and oxygen atoms in total. The predicted octanol–water partition coefficient (Wildman–Crippen LogP) is 0.387. The summed E-state index contributed by atoms with van der Waals surface area (Å²) in [5, 5.41) is 20.9. The van der Waals surface area contributed by atoms with Crippen molar-refractivity contribution in [2.45, 2.75) is 12.5 Å².